The number of aromatic nitrogens is 3. The van der Waals surface area contributed by atoms with Gasteiger partial charge in [0, 0.05) is 27.5 Å². The van der Waals surface area contributed by atoms with E-state index in [0.29, 0.717) is 34.2 Å². The number of fused-ring (bicyclic) bond motifs is 6. The minimum atomic E-state index is -4.87. The van der Waals surface area contributed by atoms with Crippen molar-refractivity contribution < 1.29 is 92.1 Å². The molecule has 84 heavy (non-hydrogen) atoms. The lowest BCUT2D eigenvalue weighted by atomic mass is 10.1. The molecular formula is C44H39ClN10O21S8. The molecule has 0 radical (unpaired) electrons. The first-order valence-corrected chi connectivity index (χ1v) is 33.1. The molecule has 6 N–H and O–H groups in total. The number of thiazole rings is 1. The highest BCUT2D eigenvalue weighted by Crippen LogP contribution is 2.45. The number of rotatable bonds is 17. The zero-order chi connectivity index (χ0) is 62.6. The lowest BCUT2D eigenvalue weighted by molar-refractivity contribution is 0.282. The highest BCUT2D eigenvalue weighted by atomic mass is 35.5. The van der Waals surface area contributed by atoms with Crippen LogP contribution in [0.25, 0.3) is 37.7 Å². The molecular weight excluding hydrogens is 1300 g/mol. The highest BCUT2D eigenvalue weighted by molar-refractivity contribution is 7.99. The fourth-order valence-corrected chi connectivity index (χ4v) is 11.1. The smallest absolute Gasteiger partial charge is 0.425 e. The van der Waals surface area contributed by atoms with Crippen LogP contribution in [0.15, 0.2) is 118 Å². The average Bonchev–Trinajstić information content (AvgIpc) is 1.81. The number of pyridine rings is 1. The largest absolute Gasteiger partial charge is 0.493 e. The van der Waals surface area contributed by atoms with Crippen LogP contribution >= 0.6 is 34.7 Å². The predicted molar refractivity (Wildman–Crippen MR) is 301 cm³/mol. The predicted octanol–water partition coefficient (Wildman–Crippen LogP) is 8.68. The second-order valence-electron chi connectivity index (χ2n) is 16.4. The Morgan fingerprint density at radius 2 is 1.40 bits per heavy atom. The molecule has 3 heterocycles. The first kappa shape index (κ1) is 67.4. The summed E-state index contributed by atoms with van der Waals surface area (Å²) >= 11 is 8.64. The fourth-order valence-electron chi connectivity index (χ4n) is 7.11. The molecule has 0 atom stereocenters. The van der Waals surface area contributed by atoms with Gasteiger partial charge in [-0.3, -0.25) is 22.6 Å². The van der Waals surface area contributed by atoms with E-state index >= 15 is 0 Å². The van der Waals surface area contributed by atoms with Crippen molar-refractivity contribution in [3.05, 3.63) is 94.5 Å². The number of azo groups is 3. The van der Waals surface area contributed by atoms with Gasteiger partial charge in [-0.15, -0.1) is 67.7 Å². The first-order valence-electron chi connectivity index (χ1n) is 22.5. The zero-order valence-electron chi connectivity index (χ0n) is 42.6. The Labute approximate surface area is 491 Å². The number of aliphatic hydroxyl groups excluding tert-OH is 1. The Kier molecular flexibility index (Phi) is 22.8. The Morgan fingerprint density at radius 3 is 2.00 bits per heavy atom. The van der Waals surface area contributed by atoms with Gasteiger partial charge in [-0.05, 0) is 79.4 Å². The number of imidazole rings is 1. The zero-order valence-corrected chi connectivity index (χ0v) is 49.9. The average molecular weight is 1340 g/mol. The summed E-state index contributed by atoms with van der Waals surface area (Å²) in [6.45, 7) is 3.09. The molecule has 0 spiro atoms. The van der Waals surface area contributed by atoms with Gasteiger partial charge < -0.3 is 14.9 Å². The van der Waals surface area contributed by atoms with Crippen molar-refractivity contribution in [2.24, 2.45) is 30.7 Å². The molecule has 0 aliphatic heterocycles. The number of hydrogen-bond acceptors (Lipinski definition) is 28. The van der Waals surface area contributed by atoms with E-state index in [9.17, 15) is 62.8 Å². The maximum Gasteiger partial charge on any atom is 0.425 e. The van der Waals surface area contributed by atoms with E-state index in [-0.39, 0.29) is 107 Å². The van der Waals surface area contributed by atoms with Crippen molar-refractivity contribution in [1.82, 2.24) is 14.4 Å². The number of para-hydroxylation sites is 2. The summed E-state index contributed by atoms with van der Waals surface area (Å²) in [5, 5.41) is 58.2. The van der Waals surface area contributed by atoms with E-state index in [1.165, 1.54) is 34.7 Å². The maximum atomic E-state index is 12.4. The number of benzene rings is 5. The molecule has 0 bridgehead atoms. The quantitative estimate of drug-likeness (QED) is 0.0215. The van der Waals surface area contributed by atoms with Crippen LogP contribution in [0.3, 0.4) is 0 Å². The Hall–Kier alpha value is -7.43. The third-order valence-electron chi connectivity index (χ3n) is 10.4. The van der Waals surface area contributed by atoms with Gasteiger partial charge in [-0.25, -0.2) is 9.97 Å². The number of thioether (sulfide) groups is 1. The van der Waals surface area contributed by atoms with Crippen LogP contribution in [0, 0.1) is 18.3 Å². The molecule has 8 aromatic rings. The molecule has 0 aliphatic carbocycles. The molecule has 0 amide bonds. The number of hydrogen-bond donors (Lipinski definition) is 6. The van der Waals surface area contributed by atoms with Crippen LogP contribution in [0.4, 0.5) is 33.6 Å². The molecule has 0 fully saturated rings. The van der Waals surface area contributed by atoms with Crippen molar-refractivity contribution in [3.63, 3.8) is 0 Å². The fraction of sp³-hybridized carbons (Fsp3) is 0.205. The van der Waals surface area contributed by atoms with E-state index in [2.05, 4.69) is 46.7 Å². The molecule has 0 saturated carbocycles. The van der Waals surface area contributed by atoms with Crippen molar-refractivity contribution in [2.75, 3.05) is 24.4 Å². The number of halogens is 1. The second-order valence-corrected chi connectivity index (χ2v) is 25.6. The van der Waals surface area contributed by atoms with Crippen LogP contribution in [0.1, 0.15) is 36.5 Å². The van der Waals surface area contributed by atoms with E-state index in [4.69, 9.17) is 46.1 Å². The molecule has 31 nitrogen and oxygen atoms in total. The highest BCUT2D eigenvalue weighted by Gasteiger charge is 2.24. The molecule has 40 heteroatoms. The minimum Gasteiger partial charge on any atom is -0.493 e. The van der Waals surface area contributed by atoms with Crippen LogP contribution < -0.4 is 4.74 Å². The monoisotopic (exact) mass is 1330 g/mol. The summed E-state index contributed by atoms with van der Waals surface area (Å²) in [7, 11) is -23.7. The Morgan fingerprint density at radius 1 is 0.786 bits per heavy atom. The van der Waals surface area contributed by atoms with Crippen molar-refractivity contribution >= 4 is 168 Å². The van der Waals surface area contributed by atoms with E-state index in [1.54, 1.807) is 31.2 Å². The minimum absolute atomic E-state index is 0.00537. The van der Waals surface area contributed by atoms with Crippen LogP contribution in [-0.4, -0.2) is 126 Å². The first-order chi connectivity index (χ1) is 39.1. The van der Waals surface area contributed by atoms with Crippen molar-refractivity contribution in [1.29, 1.82) is 5.26 Å². The normalized spacial score (nSPS) is 12.0. The molecule has 8 rings (SSSR count). The number of nitriles is 1. The van der Waals surface area contributed by atoms with E-state index < -0.39 is 83.8 Å². The van der Waals surface area contributed by atoms with Gasteiger partial charge in [-0.1, -0.05) is 48.1 Å². The molecule has 0 unspecified atom stereocenters. The SMILES string of the molecule is CCCOc1cc(N=Nc2c(C)c(C#N)c3nc4ccccc4n3c2O)c(Cl)cc1N=Nc1cc(CO)c(N=Nc2nc3c(S(=O)(=O)O)cc4ccc(S(=O)(=O)O)cc4c3s2)cc1SCCCS(=O)(=O)O.CS(=O)(=O)O.O=S(=O)=O.O=S(=O)=O. The molecule has 0 saturated heterocycles. The van der Waals surface area contributed by atoms with Crippen LogP contribution in [0.2, 0.25) is 5.02 Å². The summed E-state index contributed by atoms with van der Waals surface area (Å²) < 4.78 is 185. The van der Waals surface area contributed by atoms with Crippen LogP contribution in [-0.2, 0) is 68.3 Å². The topological polar surface area (TPSA) is 498 Å². The standard InChI is InChI=1S/C43H35ClN10O12S5.CH4O3S.2O3S/c1-3-11-66-35-18-31(49-52-38-22(2)27(20-45)41-46-29-7-4-5-8-34(29)54(41)42(38)56)28(44)17-32(35)50-51-33-14-24(21-55)30(19-36(33)67-12-6-13-69(57,58)59)48-53-43-47-39-37(71(63,64)65)15-23-9-10-25(70(60,61)62)16-26(23)40(39)68-43;1-5(2,3)4;2*1-4(2)3/h4-5,7-10,14-19,55-56H,3,6,11-13,21H2,1-2H3,(H,57,58,59)(H,60,61,62)(H,63,64,65);1H3,(H,2,3,4);;. The van der Waals surface area contributed by atoms with Gasteiger partial charge in [0.15, 0.2) is 11.3 Å². The van der Waals surface area contributed by atoms with Gasteiger partial charge in [0.1, 0.15) is 39.2 Å². The summed E-state index contributed by atoms with van der Waals surface area (Å²) in [4.78, 5) is 8.03. The number of aliphatic hydroxyl groups is 1. The third-order valence-corrected chi connectivity index (χ3v) is 15.4. The number of aromatic hydroxyl groups is 1. The summed E-state index contributed by atoms with van der Waals surface area (Å²) in [6.07, 6.45) is 1.31. The summed E-state index contributed by atoms with van der Waals surface area (Å²) in [5.74, 6) is -0.542. The number of ether oxygens (including phenoxy) is 1. The second kappa shape index (κ2) is 28.4. The summed E-state index contributed by atoms with van der Waals surface area (Å²) in [6, 6.07) is 19.5. The van der Waals surface area contributed by atoms with Crippen molar-refractivity contribution in [3.8, 4) is 17.7 Å². The molecule has 446 valence electrons. The van der Waals surface area contributed by atoms with Gasteiger partial charge in [0.2, 0.25) is 11.0 Å². The van der Waals surface area contributed by atoms with Gasteiger partial charge in [-0.2, -0.15) is 38.9 Å². The van der Waals surface area contributed by atoms with Gasteiger partial charge in [0.25, 0.3) is 40.5 Å². The maximum absolute atomic E-state index is 12.4. The van der Waals surface area contributed by atoms with E-state index in [1.807, 2.05) is 6.92 Å². The summed E-state index contributed by atoms with van der Waals surface area (Å²) in [5.41, 5.74) is 2.19. The molecule has 3 aromatic heterocycles. The Balaban J connectivity index is 0.000000898. The third kappa shape index (κ3) is 18.5. The van der Waals surface area contributed by atoms with Crippen molar-refractivity contribution in [2.45, 2.75) is 48.0 Å². The van der Waals surface area contributed by atoms with E-state index in [0.717, 1.165) is 41.3 Å². The van der Waals surface area contributed by atoms with Crippen LogP contribution in [0.5, 0.6) is 11.6 Å². The lowest BCUT2D eigenvalue weighted by Crippen LogP contribution is -2.04. The number of nitrogens with zero attached hydrogens (tertiary/aromatic N) is 10. The van der Waals surface area contributed by atoms with Gasteiger partial charge in [0.05, 0.1) is 62.2 Å². The molecule has 0 aliphatic rings. The van der Waals surface area contributed by atoms with Gasteiger partial charge >= 0.3 is 21.2 Å². The molecule has 5 aromatic carbocycles. The lowest BCUT2D eigenvalue weighted by Gasteiger charge is -2.11. The Bertz CT molecular complexity index is 4700.